The Bertz CT molecular complexity index is 477. The van der Waals surface area contributed by atoms with E-state index in [2.05, 4.69) is 11.4 Å². The fourth-order valence-electron chi connectivity index (χ4n) is 1.90. The molecule has 0 fully saturated rings. The number of nitrogens with one attached hydrogen (secondary N) is 1. The molecule has 1 rings (SSSR count). The fraction of sp³-hybridized carbons (Fsp3) is 0.467. The molecule has 1 aromatic carbocycles. The molecular weight excluding hydrogens is 240 g/mol. The molecule has 2 atom stereocenters. The van der Waals surface area contributed by atoms with Crippen LogP contribution < -0.4 is 5.32 Å². The molecule has 0 heterocycles. The lowest BCUT2D eigenvalue weighted by molar-refractivity contribution is -0.144. The molecule has 0 aliphatic heterocycles. The van der Waals surface area contributed by atoms with Crippen LogP contribution in [0.1, 0.15) is 37.9 Å². The van der Waals surface area contributed by atoms with E-state index in [1.807, 2.05) is 39.0 Å². The molecule has 0 spiro atoms. The normalized spacial score (nSPS) is 13.7. The largest absolute Gasteiger partial charge is 0.468 e. The van der Waals surface area contributed by atoms with Gasteiger partial charge in [-0.15, -0.1) is 0 Å². The molecule has 0 bridgehead atoms. The van der Waals surface area contributed by atoms with Gasteiger partial charge >= 0.3 is 5.97 Å². The Hall–Kier alpha value is -1.86. The molecule has 0 radical (unpaired) electrons. The Morgan fingerprint density at radius 2 is 2.05 bits per heavy atom. The first kappa shape index (κ1) is 15.2. The highest BCUT2D eigenvalue weighted by Gasteiger charge is 2.24. The lowest BCUT2D eigenvalue weighted by Gasteiger charge is -2.24. The van der Waals surface area contributed by atoms with Gasteiger partial charge in [0, 0.05) is 6.04 Å². The number of nitrogens with zero attached hydrogens (tertiary/aromatic N) is 1. The predicted octanol–water partition coefficient (Wildman–Crippen LogP) is 2.41. The van der Waals surface area contributed by atoms with Crippen molar-refractivity contribution < 1.29 is 9.53 Å². The van der Waals surface area contributed by atoms with Gasteiger partial charge in [0.05, 0.1) is 18.7 Å². The summed E-state index contributed by atoms with van der Waals surface area (Å²) in [4.78, 5) is 11.7. The summed E-state index contributed by atoms with van der Waals surface area (Å²) in [6.07, 6.45) is 0. The molecule has 102 valence electrons. The number of carbonyl (C=O) groups excluding carboxylic acids is 1. The van der Waals surface area contributed by atoms with Crippen LogP contribution in [0.4, 0.5) is 0 Å². The summed E-state index contributed by atoms with van der Waals surface area (Å²) in [6, 6.07) is 9.09. The van der Waals surface area contributed by atoms with Crippen molar-refractivity contribution in [1.29, 1.82) is 5.26 Å². The van der Waals surface area contributed by atoms with E-state index in [4.69, 9.17) is 10.00 Å². The van der Waals surface area contributed by atoms with Crippen molar-refractivity contribution in [2.45, 2.75) is 32.9 Å². The molecule has 0 saturated carbocycles. The zero-order chi connectivity index (χ0) is 14.4. The van der Waals surface area contributed by atoms with E-state index in [1.54, 1.807) is 6.07 Å². The highest BCUT2D eigenvalue weighted by molar-refractivity contribution is 5.76. The van der Waals surface area contributed by atoms with E-state index in [0.717, 1.165) is 5.56 Å². The maximum absolute atomic E-state index is 11.7. The van der Waals surface area contributed by atoms with Crippen LogP contribution in [0.5, 0.6) is 0 Å². The standard InChI is InChI=1S/C15H20N2O2/c1-10(2)14(15(18)19-4)17-11(3)13-7-5-6-12(8-13)9-16/h5-8,10-11,14,17H,1-4H3/t11?,14-/m0/s1. The van der Waals surface area contributed by atoms with E-state index >= 15 is 0 Å². The van der Waals surface area contributed by atoms with Gasteiger partial charge in [-0.3, -0.25) is 10.1 Å². The third kappa shape index (κ3) is 4.08. The van der Waals surface area contributed by atoms with Gasteiger partial charge in [0.15, 0.2) is 0 Å². The van der Waals surface area contributed by atoms with Crippen LogP contribution in [0, 0.1) is 17.2 Å². The number of ether oxygens (including phenoxy) is 1. The van der Waals surface area contributed by atoms with Gasteiger partial charge in [-0.1, -0.05) is 26.0 Å². The summed E-state index contributed by atoms with van der Waals surface area (Å²) < 4.78 is 4.80. The summed E-state index contributed by atoms with van der Waals surface area (Å²) in [5.74, 6) is -0.132. The number of nitriles is 1. The molecule has 0 aromatic heterocycles. The number of rotatable bonds is 5. The molecule has 1 N–H and O–H groups in total. The van der Waals surface area contributed by atoms with E-state index < -0.39 is 0 Å². The first-order valence-electron chi connectivity index (χ1n) is 6.33. The first-order chi connectivity index (χ1) is 8.99. The number of hydrogen-bond donors (Lipinski definition) is 1. The van der Waals surface area contributed by atoms with Crippen molar-refractivity contribution in [2.24, 2.45) is 5.92 Å². The molecule has 19 heavy (non-hydrogen) atoms. The Balaban J connectivity index is 2.84. The van der Waals surface area contributed by atoms with Crippen LogP contribution >= 0.6 is 0 Å². The average Bonchev–Trinajstić information content (AvgIpc) is 2.43. The van der Waals surface area contributed by atoms with Crippen molar-refractivity contribution in [2.75, 3.05) is 7.11 Å². The summed E-state index contributed by atoms with van der Waals surface area (Å²) in [5, 5.41) is 12.1. The first-order valence-corrected chi connectivity index (χ1v) is 6.33. The summed E-state index contributed by atoms with van der Waals surface area (Å²) in [5.41, 5.74) is 1.60. The fourth-order valence-corrected chi connectivity index (χ4v) is 1.90. The van der Waals surface area contributed by atoms with Crippen molar-refractivity contribution >= 4 is 5.97 Å². The second kappa shape index (κ2) is 6.91. The molecule has 4 heteroatoms. The number of esters is 1. The molecule has 0 amide bonds. The van der Waals surface area contributed by atoms with Gasteiger partial charge < -0.3 is 4.74 Å². The van der Waals surface area contributed by atoms with Gasteiger partial charge in [-0.25, -0.2) is 0 Å². The highest BCUT2D eigenvalue weighted by atomic mass is 16.5. The summed E-state index contributed by atoms with van der Waals surface area (Å²) in [7, 11) is 1.39. The minimum atomic E-state index is -0.356. The number of methoxy groups -OCH3 is 1. The third-order valence-corrected chi connectivity index (χ3v) is 3.07. The van der Waals surface area contributed by atoms with Crippen molar-refractivity contribution in [3.63, 3.8) is 0 Å². The van der Waals surface area contributed by atoms with Crippen LogP contribution in [0.25, 0.3) is 0 Å². The average molecular weight is 260 g/mol. The maximum Gasteiger partial charge on any atom is 0.323 e. The zero-order valence-corrected chi connectivity index (χ0v) is 11.8. The molecule has 0 aliphatic rings. The smallest absolute Gasteiger partial charge is 0.323 e. The second-order valence-corrected chi connectivity index (χ2v) is 4.87. The molecule has 0 saturated heterocycles. The molecule has 1 aromatic rings. The van der Waals surface area contributed by atoms with Crippen molar-refractivity contribution in [3.05, 3.63) is 35.4 Å². The van der Waals surface area contributed by atoms with E-state index in [-0.39, 0.29) is 24.0 Å². The number of carbonyl (C=O) groups is 1. The minimum absolute atomic E-state index is 0.0280. The molecular formula is C15H20N2O2. The van der Waals surface area contributed by atoms with Crippen LogP contribution in [0.2, 0.25) is 0 Å². The second-order valence-electron chi connectivity index (χ2n) is 4.87. The van der Waals surface area contributed by atoms with E-state index in [0.29, 0.717) is 5.56 Å². The molecule has 4 nitrogen and oxygen atoms in total. The summed E-state index contributed by atoms with van der Waals surface area (Å²) in [6.45, 7) is 5.90. The minimum Gasteiger partial charge on any atom is -0.468 e. The van der Waals surface area contributed by atoms with Crippen LogP contribution in [0.3, 0.4) is 0 Å². The van der Waals surface area contributed by atoms with Crippen LogP contribution in [-0.2, 0) is 9.53 Å². The van der Waals surface area contributed by atoms with Gasteiger partial charge in [-0.05, 0) is 30.5 Å². The Labute approximate surface area is 114 Å². The van der Waals surface area contributed by atoms with Gasteiger partial charge in [0.1, 0.15) is 6.04 Å². The summed E-state index contributed by atoms with van der Waals surface area (Å²) >= 11 is 0. The maximum atomic E-state index is 11.7. The van der Waals surface area contributed by atoms with Gasteiger partial charge in [0.2, 0.25) is 0 Å². The van der Waals surface area contributed by atoms with Gasteiger partial charge in [-0.2, -0.15) is 5.26 Å². The Morgan fingerprint density at radius 1 is 1.37 bits per heavy atom. The van der Waals surface area contributed by atoms with E-state index in [1.165, 1.54) is 7.11 Å². The predicted molar refractivity (Wildman–Crippen MR) is 73.3 cm³/mol. The quantitative estimate of drug-likeness (QED) is 0.826. The highest BCUT2D eigenvalue weighted by Crippen LogP contribution is 2.17. The number of hydrogen-bond acceptors (Lipinski definition) is 4. The molecule has 0 aliphatic carbocycles. The van der Waals surface area contributed by atoms with Crippen LogP contribution in [-0.4, -0.2) is 19.1 Å². The van der Waals surface area contributed by atoms with Gasteiger partial charge in [0.25, 0.3) is 0 Å². The lowest BCUT2D eigenvalue weighted by Crippen LogP contribution is -2.42. The Kier molecular flexibility index (Phi) is 5.53. The SMILES string of the molecule is COC(=O)[C@@H](NC(C)c1cccc(C#N)c1)C(C)C. The van der Waals surface area contributed by atoms with Crippen LogP contribution in [0.15, 0.2) is 24.3 Å². The number of benzene rings is 1. The Morgan fingerprint density at radius 3 is 2.58 bits per heavy atom. The van der Waals surface area contributed by atoms with Crippen molar-refractivity contribution in [3.8, 4) is 6.07 Å². The zero-order valence-electron chi connectivity index (χ0n) is 11.8. The lowest BCUT2D eigenvalue weighted by atomic mass is 10.0. The monoisotopic (exact) mass is 260 g/mol. The third-order valence-electron chi connectivity index (χ3n) is 3.07. The topological polar surface area (TPSA) is 62.1 Å². The molecule has 1 unspecified atom stereocenters. The van der Waals surface area contributed by atoms with Crippen molar-refractivity contribution in [1.82, 2.24) is 5.32 Å². The van der Waals surface area contributed by atoms with E-state index in [9.17, 15) is 4.79 Å².